The lowest BCUT2D eigenvalue weighted by molar-refractivity contribution is 0.787. The number of guanidine groups is 1. The zero-order chi connectivity index (χ0) is 16.7. The summed E-state index contributed by atoms with van der Waals surface area (Å²) in [5.74, 6) is 1.24. The van der Waals surface area contributed by atoms with Gasteiger partial charge in [0.1, 0.15) is 0 Å². The van der Waals surface area contributed by atoms with E-state index < -0.39 is 0 Å². The van der Waals surface area contributed by atoms with Crippen LogP contribution in [-0.4, -0.2) is 17.5 Å². The van der Waals surface area contributed by atoms with Crippen molar-refractivity contribution in [3.8, 4) is 0 Å². The van der Waals surface area contributed by atoms with Crippen LogP contribution in [0.25, 0.3) is 0 Å². The van der Waals surface area contributed by atoms with E-state index in [2.05, 4.69) is 39.8 Å². The quantitative estimate of drug-likeness (QED) is 0.607. The Morgan fingerprint density at radius 2 is 2.09 bits per heavy atom. The lowest BCUT2D eigenvalue weighted by Gasteiger charge is -2.10. The molecule has 0 radical (unpaired) electrons. The largest absolute Gasteiger partial charge is 0.357 e. The van der Waals surface area contributed by atoms with Crippen LogP contribution in [0.4, 0.5) is 0 Å². The van der Waals surface area contributed by atoms with Crippen LogP contribution in [0.5, 0.6) is 0 Å². The molecule has 1 aromatic carbocycles. The van der Waals surface area contributed by atoms with E-state index in [4.69, 9.17) is 11.6 Å². The zero-order valence-corrected chi connectivity index (χ0v) is 15.3. The second-order valence-corrected chi connectivity index (χ2v) is 6.77. The summed E-state index contributed by atoms with van der Waals surface area (Å²) in [7, 11) is 0. The van der Waals surface area contributed by atoms with Gasteiger partial charge in [0.15, 0.2) is 5.96 Å². The summed E-state index contributed by atoms with van der Waals surface area (Å²) in [6.07, 6.45) is 0. The fourth-order valence-electron chi connectivity index (χ4n) is 1.98. The van der Waals surface area contributed by atoms with Gasteiger partial charge in [0.2, 0.25) is 0 Å². The SMILES string of the molecule is CCNC(=NCc1ccccc1Cl)NCc1csc(C(C)C)n1. The van der Waals surface area contributed by atoms with Crippen molar-refractivity contribution < 1.29 is 0 Å². The van der Waals surface area contributed by atoms with Crippen molar-refractivity contribution in [2.24, 2.45) is 4.99 Å². The molecule has 0 aliphatic carbocycles. The van der Waals surface area contributed by atoms with Crippen LogP contribution in [0, 0.1) is 0 Å². The van der Waals surface area contributed by atoms with Crippen LogP contribution in [0.2, 0.25) is 5.02 Å². The average molecular weight is 351 g/mol. The molecule has 0 fully saturated rings. The molecular weight excluding hydrogens is 328 g/mol. The number of nitrogens with zero attached hydrogens (tertiary/aromatic N) is 2. The van der Waals surface area contributed by atoms with Crippen molar-refractivity contribution in [1.29, 1.82) is 0 Å². The molecule has 4 nitrogen and oxygen atoms in total. The van der Waals surface area contributed by atoms with Crippen molar-refractivity contribution in [1.82, 2.24) is 15.6 Å². The normalized spacial score (nSPS) is 11.8. The summed E-state index contributed by atoms with van der Waals surface area (Å²) >= 11 is 7.88. The molecule has 0 bridgehead atoms. The van der Waals surface area contributed by atoms with Crippen molar-refractivity contribution in [2.75, 3.05) is 6.54 Å². The summed E-state index contributed by atoms with van der Waals surface area (Å²) in [4.78, 5) is 9.21. The minimum atomic E-state index is 0.468. The first-order valence-corrected chi connectivity index (χ1v) is 9.05. The Morgan fingerprint density at radius 1 is 1.30 bits per heavy atom. The van der Waals surface area contributed by atoms with Crippen LogP contribution in [0.15, 0.2) is 34.6 Å². The van der Waals surface area contributed by atoms with E-state index >= 15 is 0 Å². The summed E-state index contributed by atoms with van der Waals surface area (Å²) in [5.41, 5.74) is 2.06. The van der Waals surface area contributed by atoms with Gasteiger partial charge in [-0.2, -0.15) is 0 Å². The van der Waals surface area contributed by atoms with Gasteiger partial charge in [-0.05, 0) is 18.6 Å². The number of hydrogen-bond donors (Lipinski definition) is 2. The van der Waals surface area contributed by atoms with Crippen LogP contribution in [0.3, 0.4) is 0 Å². The van der Waals surface area contributed by atoms with E-state index in [1.54, 1.807) is 11.3 Å². The summed E-state index contributed by atoms with van der Waals surface area (Å²) in [6, 6.07) is 7.77. The van der Waals surface area contributed by atoms with Crippen LogP contribution in [0.1, 0.15) is 43.0 Å². The van der Waals surface area contributed by atoms with Gasteiger partial charge in [-0.1, -0.05) is 43.6 Å². The third-order valence-electron chi connectivity index (χ3n) is 3.21. The third-order valence-corrected chi connectivity index (χ3v) is 4.77. The average Bonchev–Trinajstić information content (AvgIpc) is 3.00. The monoisotopic (exact) mass is 350 g/mol. The van der Waals surface area contributed by atoms with Crippen molar-refractivity contribution >= 4 is 28.9 Å². The molecule has 1 heterocycles. The first-order chi connectivity index (χ1) is 11.1. The topological polar surface area (TPSA) is 49.3 Å². The lowest BCUT2D eigenvalue weighted by Crippen LogP contribution is -2.36. The lowest BCUT2D eigenvalue weighted by atomic mass is 10.2. The van der Waals surface area contributed by atoms with E-state index in [-0.39, 0.29) is 0 Å². The molecule has 0 spiro atoms. The molecular formula is C17H23ClN4S. The molecule has 0 atom stereocenters. The second kappa shape index (κ2) is 8.89. The van der Waals surface area contributed by atoms with Gasteiger partial charge < -0.3 is 10.6 Å². The van der Waals surface area contributed by atoms with E-state index in [1.807, 2.05) is 31.2 Å². The second-order valence-electron chi connectivity index (χ2n) is 5.47. The molecule has 23 heavy (non-hydrogen) atoms. The minimum absolute atomic E-state index is 0.468. The maximum absolute atomic E-state index is 6.17. The van der Waals surface area contributed by atoms with E-state index in [9.17, 15) is 0 Å². The molecule has 0 saturated carbocycles. The fraction of sp³-hybridized carbons (Fsp3) is 0.412. The first kappa shape index (κ1) is 17.8. The summed E-state index contributed by atoms with van der Waals surface area (Å²) in [5, 5.41) is 10.6. The maximum atomic E-state index is 6.17. The Hall–Kier alpha value is -1.59. The number of aliphatic imine (C=N–C) groups is 1. The predicted octanol–water partition coefficient (Wildman–Crippen LogP) is 4.18. The highest BCUT2D eigenvalue weighted by molar-refractivity contribution is 7.09. The van der Waals surface area contributed by atoms with E-state index in [1.165, 1.54) is 5.01 Å². The molecule has 6 heteroatoms. The summed E-state index contributed by atoms with van der Waals surface area (Å²) < 4.78 is 0. The van der Waals surface area contributed by atoms with E-state index in [0.717, 1.165) is 28.8 Å². The highest BCUT2D eigenvalue weighted by Gasteiger charge is 2.06. The van der Waals surface area contributed by atoms with Gasteiger partial charge >= 0.3 is 0 Å². The highest BCUT2D eigenvalue weighted by atomic mass is 35.5. The predicted molar refractivity (Wildman–Crippen MR) is 99.3 cm³/mol. The molecule has 0 amide bonds. The maximum Gasteiger partial charge on any atom is 0.191 e. The van der Waals surface area contributed by atoms with Gasteiger partial charge in [0.25, 0.3) is 0 Å². The molecule has 0 saturated heterocycles. The number of benzene rings is 1. The number of nitrogens with one attached hydrogen (secondary N) is 2. The number of aromatic nitrogens is 1. The number of halogens is 1. The van der Waals surface area contributed by atoms with Crippen molar-refractivity contribution in [2.45, 2.75) is 39.8 Å². The molecule has 0 unspecified atom stereocenters. The molecule has 2 rings (SSSR count). The number of thiazole rings is 1. The van der Waals surface area contributed by atoms with Crippen LogP contribution in [-0.2, 0) is 13.1 Å². The number of rotatable bonds is 6. The summed E-state index contributed by atoms with van der Waals surface area (Å²) in [6.45, 7) is 8.38. The van der Waals surface area contributed by atoms with Crippen molar-refractivity contribution in [3.05, 3.63) is 50.9 Å². The first-order valence-electron chi connectivity index (χ1n) is 7.80. The van der Waals surface area contributed by atoms with Gasteiger partial charge in [-0.25, -0.2) is 9.98 Å². The Morgan fingerprint density at radius 3 is 2.74 bits per heavy atom. The van der Waals surface area contributed by atoms with Crippen LogP contribution < -0.4 is 10.6 Å². The smallest absolute Gasteiger partial charge is 0.191 e. The molecule has 124 valence electrons. The Kier molecular flexibility index (Phi) is 6.86. The third kappa shape index (κ3) is 5.52. The Balaban J connectivity index is 1.97. The van der Waals surface area contributed by atoms with E-state index in [0.29, 0.717) is 19.0 Å². The molecule has 0 aliphatic heterocycles. The standard InChI is InChI=1S/C17H23ClN4S/c1-4-19-17(20-9-13-7-5-6-8-15(13)18)21-10-14-11-23-16(22-14)12(2)3/h5-8,11-12H,4,9-10H2,1-3H3,(H2,19,20,21). The Bertz CT molecular complexity index is 652. The van der Waals surface area contributed by atoms with Gasteiger partial charge in [0.05, 0.1) is 23.8 Å². The molecule has 2 aromatic rings. The van der Waals surface area contributed by atoms with Crippen LogP contribution >= 0.6 is 22.9 Å². The molecule has 0 aliphatic rings. The fourth-order valence-corrected chi connectivity index (χ4v) is 3.01. The molecule has 2 N–H and O–H groups in total. The van der Waals surface area contributed by atoms with Gasteiger partial charge in [-0.15, -0.1) is 11.3 Å². The van der Waals surface area contributed by atoms with Gasteiger partial charge in [0, 0.05) is 22.9 Å². The zero-order valence-electron chi connectivity index (χ0n) is 13.8. The van der Waals surface area contributed by atoms with Gasteiger partial charge in [-0.3, -0.25) is 0 Å². The molecule has 1 aromatic heterocycles. The number of hydrogen-bond acceptors (Lipinski definition) is 3. The Labute approximate surface area is 147 Å². The highest BCUT2D eigenvalue weighted by Crippen LogP contribution is 2.19. The minimum Gasteiger partial charge on any atom is -0.357 e. The van der Waals surface area contributed by atoms with Crippen molar-refractivity contribution in [3.63, 3.8) is 0 Å².